The molecule has 0 aliphatic carbocycles. The van der Waals surface area contributed by atoms with E-state index in [-0.39, 0.29) is 9.81 Å². The van der Waals surface area contributed by atoms with Gasteiger partial charge in [0, 0.05) is 16.8 Å². The molecule has 0 saturated carbocycles. The summed E-state index contributed by atoms with van der Waals surface area (Å²) in [4.78, 5) is 24.9. The van der Waals surface area contributed by atoms with Crippen molar-refractivity contribution in [3.63, 3.8) is 0 Å². The van der Waals surface area contributed by atoms with Crippen molar-refractivity contribution in [1.29, 1.82) is 0 Å². The molecule has 1 N–H and O–H groups in total. The molecule has 2 aliphatic rings. The predicted molar refractivity (Wildman–Crippen MR) is 95.8 cm³/mol. The van der Waals surface area contributed by atoms with Crippen LogP contribution in [0.3, 0.4) is 0 Å². The summed E-state index contributed by atoms with van der Waals surface area (Å²) in [5.74, 6) is -1.13. The van der Waals surface area contributed by atoms with Crippen molar-refractivity contribution in [2.45, 2.75) is 0 Å². The summed E-state index contributed by atoms with van der Waals surface area (Å²) < 4.78 is 10.3. The summed E-state index contributed by atoms with van der Waals surface area (Å²) in [6.07, 6.45) is 0. The Morgan fingerprint density at radius 1 is 1.04 bits per heavy atom. The molecule has 2 heterocycles. The Bertz CT molecular complexity index is 768. The number of thioether (sulfide) groups is 2. The minimum atomic E-state index is -0.566. The number of esters is 2. The van der Waals surface area contributed by atoms with Crippen LogP contribution in [0.4, 0.5) is 5.69 Å². The van der Waals surface area contributed by atoms with Gasteiger partial charge in [0.2, 0.25) is 0 Å². The standard InChI is InChI=1S/C15H11NO4S3/c1-19-13(17)10-11(14(18)20-2)23-15(22-10)9-7-5-3-4-6-8(7)16-12(9)21/h3-6H,1-2H3,(H,16,21). The summed E-state index contributed by atoms with van der Waals surface area (Å²) >= 11 is 7.76. The Kier molecular flexibility index (Phi) is 4.47. The predicted octanol–water partition coefficient (Wildman–Crippen LogP) is 3.15. The molecule has 2 aliphatic heterocycles. The average Bonchev–Trinajstić information content (AvgIpc) is 3.13. The molecule has 5 nitrogen and oxygen atoms in total. The van der Waals surface area contributed by atoms with Crippen molar-refractivity contribution in [2.75, 3.05) is 19.5 Å². The average molecular weight is 365 g/mol. The topological polar surface area (TPSA) is 64.6 Å². The molecule has 118 valence electrons. The molecule has 0 fully saturated rings. The molecule has 1 aromatic carbocycles. The highest BCUT2D eigenvalue weighted by Gasteiger charge is 2.36. The minimum absolute atomic E-state index is 0.221. The second kappa shape index (κ2) is 6.38. The summed E-state index contributed by atoms with van der Waals surface area (Å²) in [5, 5.41) is 3.14. The summed E-state index contributed by atoms with van der Waals surface area (Å²) in [7, 11) is 2.55. The van der Waals surface area contributed by atoms with Gasteiger partial charge in [-0.05, 0) is 6.07 Å². The van der Waals surface area contributed by atoms with Crippen LogP contribution in [0.5, 0.6) is 0 Å². The van der Waals surface area contributed by atoms with Gasteiger partial charge in [-0.2, -0.15) is 0 Å². The molecule has 0 amide bonds. The zero-order valence-electron chi connectivity index (χ0n) is 12.2. The first kappa shape index (κ1) is 16.1. The second-order valence-electron chi connectivity index (χ2n) is 4.51. The van der Waals surface area contributed by atoms with E-state index < -0.39 is 11.9 Å². The van der Waals surface area contributed by atoms with Gasteiger partial charge in [0.1, 0.15) is 14.8 Å². The number of para-hydroxylation sites is 1. The van der Waals surface area contributed by atoms with Gasteiger partial charge in [-0.3, -0.25) is 0 Å². The molecule has 3 rings (SSSR count). The summed E-state index contributed by atoms with van der Waals surface area (Å²) in [5.41, 5.74) is 2.67. The quantitative estimate of drug-likeness (QED) is 0.487. The highest BCUT2D eigenvalue weighted by molar-refractivity contribution is 8.29. The van der Waals surface area contributed by atoms with E-state index in [1.54, 1.807) is 0 Å². The first-order chi connectivity index (χ1) is 11.1. The van der Waals surface area contributed by atoms with E-state index in [0.717, 1.165) is 21.1 Å². The van der Waals surface area contributed by atoms with Crippen molar-refractivity contribution in [3.05, 3.63) is 43.9 Å². The van der Waals surface area contributed by atoms with E-state index in [2.05, 4.69) is 5.32 Å². The number of methoxy groups -OCH3 is 2. The van der Waals surface area contributed by atoms with Gasteiger partial charge < -0.3 is 14.8 Å². The highest BCUT2D eigenvalue weighted by Crippen LogP contribution is 2.54. The molecule has 0 bridgehead atoms. The Balaban J connectivity index is 2.06. The maximum Gasteiger partial charge on any atom is 0.346 e. The minimum Gasteiger partial charge on any atom is -0.465 e. The third-order valence-corrected chi connectivity index (χ3v) is 6.08. The molecular formula is C15H11NO4S3. The van der Waals surface area contributed by atoms with Crippen molar-refractivity contribution in [1.82, 2.24) is 0 Å². The maximum absolute atomic E-state index is 11.9. The Hall–Kier alpha value is -1.77. The van der Waals surface area contributed by atoms with Crippen LogP contribution in [0.15, 0.2) is 38.3 Å². The van der Waals surface area contributed by atoms with Crippen LogP contribution in [-0.4, -0.2) is 31.1 Å². The monoisotopic (exact) mass is 365 g/mol. The number of hydrogen-bond acceptors (Lipinski definition) is 7. The molecule has 0 saturated heterocycles. The SMILES string of the molecule is COC(=O)C1=C(C(=O)OC)SC(=C2C(=S)Nc3ccccc32)S1. The van der Waals surface area contributed by atoms with E-state index in [9.17, 15) is 9.59 Å². The first-order valence-electron chi connectivity index (χ1n) is 6.48. The fraction of sp³-hybridized carbons (Fsp3) is 0.133. The highest BCUT2D eigenvalue weighted by atomic mass is 32.2. The summed E-state index contributed by atoms with van der Waals surface area (Å²) in [6.45, 7) is 0. The van der Waals surface area contributed by atoms with E-state index in [1.165, 1.54) is 37.7 Å². The van der Waals surface area contributed by atoms with Gasteiger partial charge >= 0.3 is 11.9 Å². The smallest absolute Gasteiger partial charge is 0.346 e. The van der Waals surface area contributed by atoms with Crippen molar-refractivity contribution in [2.24, 2.45) is 0 Å². The van der Waals surface area contributed by atoms with Crippen LogP contribution in [0.2, 0.25) is 0 Å². The fourth-order valence-electron chi connectivity index (χ4n) is 2.18. The number of rotatable bonds is 2. The summed E-state index contributed by atoms with van der Waals surface area (Å²) in [6, 6.07) is 7.69. The van der Waals surface area contributed by atoms with Gasteiger partial charge in [-0.1, -0.05) is 53.9 Å². The van der Waals surface area contributed by atoms with Gasteiger partial charge in [0.25, 0.3) is 0 Å². The lowest BCUT2D eigenvalue weighted by Crippen LogP contribution is -2.08. The molecule has 0 unspecified atom stereocenters. The number of benzene rings is 1. The largest absolute Gasteiger partial charge is 0.465 e. The Labute approximate surface area is 146 Å². The van der Waals surface area contributed by atoms with Crippen LogP contribution in [0, 0.1) is 0 Å². The number of hydrogen-bond donors (Lipinski definition) is 1. The number of fused-ring (bicyclic) bond motifs is 1. The van der Waals surface area contributed by atoms with Gasteiger partial charge in [0.05, 0.1) is 18.5 Å². The third kappa shape index (κ3) is 2.77. The number of carbonyl (C=O) groups is 2. The molecule has 0 atom stereocenters. The lowest BCUT2D eigenvalue weighted by Gasteiger charge is -2.04. The first-order valence-corrected chi connectivity index (χ1v) is 8.52. The van der Waals surface area contributed by atoms with Crippen LogP contribution in [-0.2, 0) is 19.1 Å². The lowest BCUT2D eigenvalue weighted by atomic mass is 10.1. The molecule has 8 heteroatoms. The van der Waals surface area contributed by atoms with Crippen molar-refractivity contribution < 1.29 is 19.1 Å². The molecule has 0 radical (unpaired) electrons. The molecule has 23 heavy (non-hydrogen) atoms. The van der Waals surface area contributed by atoms with E-state index in [0.29, 0.717) is 4.99 Å². The molecule has 0 aromatic heterocycles. The van der Waals surface area contributed by atoms with Crippen LogP contribution in [0.25, 0.3) is 5.57 Å². The normalized spacial score (nSPS) is 16.3. The van der Waals surface area contributed by atoms with E-state index in [1.807, 2.05) is 24.3 Å². The lowest BCUT2D eigenvalue weighted by molar-refractivity contribution is -0.138. The second-order valence-corrected chi connectivity index (χ2v) is 7.22. The number of carbonyl (C=O) groups excluding carboxylic acids is 2. The third-order valence-electron chi connectivity index (χ3n) is 3.21. The number of anilines is 1. The van der Waals surface area contributed by atoms with Gasteiger partial charge in [0.15, 0.2) is 0 Å². The van der Waals surface area contributed by atoms with Gasteiger partial charge in [-0.15, -0.1) is 0 Å². The van der Waals surface area contributed by atoms with Gasteiger partial charge in [-0.25, -0.2) is 9.59 Å². The molecular weight excluding hydrogens is 354 g/mol. The Morgan fingerprint density at radius 2 is 1.61 bits per heavy atom. The van der Waals surface area contributed by atoms with Crippen LogP contribution >= 0.6 is 35.7 Å². The van der Waals surface area contributed by atoms with Crippen LogP contribution < -0.4 is 5.32 Å². The maximum atomic E-state index is 11.9. The van der Waals surface area contributed by atoms with Crippen molar-refractivity contribution >= 4 is 63.9 Å². The van der Waals surface area contributed by atoms with Crippen molar-refractivity contribution in [3.8, 4) is 0 Å². The van der Waals surface area contributed by atoms with E-state index >= 15 is 0 Å². The van der Waals surface area contributed by atoms with Crippen LogP contribution in [0.1, 0.15) is 5.56 Å². The molecule has 0 spiro atoms. The number of thiocarbonyl (C=S) groups is 1. The zero-order chi connectivity index (χ0) is 16.6. The number of nitrogens with one attached hydrogen (secondary N) is 1. The Morgan fingerprint density at radius 3 is 2.17 bits per heavy atom. The zero-order valence-corrected chi connectivity index (χ0v) is 14.6. The van der Waals surface area contributed by atoms with E-state index in [4.69, 9.17) is 21.7 Å². The number of ether oxygens (including phenoxy) is 2. The fourth-order valence-corrected chi connectivity index (χ4v) is 5.23. The molecule has 1 aromatic rings.